The van der Waals surface area contributed by atoms with E-state index in [1.54, 1.807) is 0 Å². The maximum absolute atomic E-state index is 10.4. The minimum atomic E-state index is -0.293. The van der Waals surface area contributed by atoms with E-state index < -0.39 is 0 Å². The molecule has 2 aliphatic heterocycles. The first-order valence-corrected chi connectivity index (χ1v) is 10.3. The molecule has 2 aliphatic rings. The highest BCUT2D eigenvalue weighted by atomic mass is 16.5. The van der Waals surface area contributed by atoms with Crippen molar-refractivity contribution in [2.45, 2.75) is 115 Å². The van der Waals surface area contributed by atoms with Crippen LogP contribution in [-0.4, -0.2) is 74.6 Å². The van der Waals surface area contributed by atoms with Crippen molar-refractivity contribution < 1.29 is 19.8 Å². The Balaban J connectivity index is 1.82. The summed E-state index contributed by atoms with van der Waals surface area (Å²) in [7, 11) is 0. The Kier molecular flexibility index (Phi) is 6.73. The van der Waals surface area contributed by atoms with Gasteiger partial charge in [-0.2, -0.15) is 5.06 Å². The Labute approximate surface area is 165 Å². The Morgan fingerprint density at radius 1 is 0.704 bits per heavy atom. The van der Waals surface area contributed by atoms with E-state index in [1.807, 2.05) is 0 Å². The Hall–Kier alpha value is -0.240. The van der Waals surface area contributed by atoms with E-state index in [0.717, 1.165) is 25.7 Å². The lowest BCUT2D eigenvalue weighted by molar-refractivity contribution is -0.262. The molecule has 2 fully saturated rings. The molecule has 0 aliphatic carbocycles. The zero-order valence-electron chi connectivity index (χ0n) is 18.7. The highest BCUT2D eigenvalue weighted by Gasteiger charge is 2.46. The molecule has 0 aromatic carbocycles. The van der Waals surface area contributed by atoms with Crippen LogP contribution in [0.1, 0.15) is 81.1 Å². The summed E-state index contributed by atoms with van der Waals surface area (Å²) in [6, 6.07) is 0. The number of hydroxylamine groups is 2. The van der Waals surface area contributed by atoms with Gasteiger partial charge in [0.15, 0.2) is 0 Å². The van der Waals surface area contributed by atoms with E-state index in [2.05, 4.69) is 60.3 Å². The number of nitrogens with zero attached hydrogens (tertiary/aromatic N) is 2. The minimum absolute atomic E-state index is 0.0744. The second-order valence-corrected chi connectivity index (χ2v) is 10.9. The Morgan fingerprint density at radius 2 is 1.04 bits per heavy atom. The topological polar surface area (TPSA) is 65.4 Å². The lowest BCUT2D eigenvalue weighted by Crippen LogP contribution is -2.62. The third-order valence-corrected chi connectivity index (χ3v) is 6.45. The minimum Gasteiger partial charge on any atom is -0.381 e. The smallest absolute Gasteiger partial charge is 0.0965 e. The third kappa shape index (κ3) is 5.22. The highest BCUT2D eigenvalue weighted by molar-refractivity contribution is 5.00. The number of aliphatic hydroxyl groups excluding tert-OH is 1. The zero-order valence-corrected chi connectivity index (χ0v) is 18.7. The molecule has 0 spiro atoms. The number of hydrogen-bond donors (Lipinski definition) is 2. The Bertz CT molecular complexity index is 468. The van der Waals surface area contributed by atoms with Gasteiger partial charge in [0.25, 0.3) is 0 Å². The van der Waals surface area contributed by atoms with Crippen molar-refractivity contribution in [3.63, 3.8) is 0 Å². The van der Waals surface area contributed by atoms with E-state index >= 15 is 0 Å². The van der Waals surface area contributed by atoms with Crippen molar-refractivity contribution >= 4 is 0 Å². The van der Waals surface area contributed by atoms with Gasteiger partial charge >= 0.3 is 0 Å². The SMILES string of the molecule is CC1(C)CC(OCCOC2CC(C)(C)N(CO)C(C)(C)C2)CC(C)(C)N1O. The molecule has 0 bridgehead atoms. The molecule has 0 unspecified atom stereocenters. The van der Waals surface area contributed by atoms with Gasteiger partial charge in [-0.15, -0.1) is 0 Å². The van der Waals surface area contributed by atoms with Crippen molar-refractivity contribution in [1.29, 1.82) is 0 Å². The molecule has 2 rings (SSSR count). The number of piperidine rings is 2. The van der Waals surface area contributed by atoms with Crippen LogP contribution in [0.4, 0.5) is 0 Å². The summed E-state index contributed by atoms with van der Waals surface area (Å²) in [5.41, 5.74) is -0.773. The fourth-order valence-electron chi connectivity index (χ4n) is 5.45. The molecule has 27 heavy (non-hydrogen) atoms. The van der Waals surface area contributed by atoms with Crippen LogP contribution in [0.25, 0.3) is 0 Å². The van der Waals surface area contributed by atoms with Gasteiger partial charge in [0.05, 0.1) is 32.2 Å². The maximum Gasteiger partial charge on any atom is 0.0965 e. The van der Waals surface area contributed by atoms with Gasteiger partial charge in [-0.3, -0.25) is 4.90 Å². The number of likely N-dealkylation sites (tertiary alicyclic amines) is 1. The summed E-state index contributed by atoms with van der Waals surface area (Å²) < 4.78 is 12.3. The van der Waals surface area contributed by atoms with Crippen molar-refractivity contribution in [3.8, 4) is 0 Å². The van der Waals surface area contributed by atoms with Crippen LogP contribution >= 0.6 is 0 Å². The second kappa shape index (κ2) is 7.88. The van der Waals surface area contributed by atoms with Crippen LogP contribution in [0.15, 0.2) is 0 Å². The predicted molar refractivity (Wildman–Crippen MR) is 107 cm³/mol. The molecule has 2 heterocycles. The number of hydrogen-bond acceptors (Lipinski definition) is 6. The van der Waals surface area contributed by atoms with Crippen LogP contribution in [0.2, 0.25) is 0 Å². The van der Waals surface area contributed by atoms with Gasteiger partial charge < -0.3 is 19.8 Å². The van der Waals surface area contributed by atoms with Gasteiger partial charge in [-0.25, -0.2) is 0 Å². The van der Waals surface area contributed by atoms with Crippen molar-refractivity contribution in [2.75, 3.05) is 19.9 Å². The summed E-state index contributed by atoms with van der Waals surface area (Å²) in [4.78, 5) is 2.16. The molecular formula is C21H42N2O4. The molecule has 0 amide bonds. The molecule has 0 aromatic heterocycles. The first-order chi connectivity index (χ1) is 12.2. The van der Waals surface area contributed by atoms with E-state index in [9.17, 15) is 10.3 Å². The zero-order chi connectivity index (χ0) is 20.7. The van der Waals surface area contributed by atoms with Crippen LogP contribution < -0.4 is 0 Å². The quantitative estimate of drug-likeness (QED) is 0.682. The van der Waals surface area contributed by atoms with Gasteiger partial charge in [0, 0.05) is 22.2 Å². The first kappa shape index (κ1) is 23.0. The molecule has 6 nitrogen and oxygen atoms in total. The molecule has 0 radical (unpaired) electrons. The van der Waals surface area contributed by atoms with Crippen LogP contribution in [0.5, 0.6) is 0 Å². The van der Waals surface area contributed by atoms with E-state index in [0.29, 0.717) is 13.2 Å². The average molecular weight is 387 g/mol. The van der Waals surface area contributed by atoms with E-state index in [1.165, 1.54) is 5.06 Å². The van der Waals surface area contributed by atoms with E-state index in [-0.39, 0.29) is 41.1 Å². The predicted octanol–water partition coefficient (Wildman–Crippen LogP) is 3.40. The lowest BCUT2D eigenvalue weighted by Gasteiger charge is -2.54. The van der Waals surface area contributed by atoms with Gasteiger partial charge in [0.1, 0.15) is 0 Å². The number of rotatable bonds is 6. The standard InChI is InChI=1S/C21H42N2O4/c1-18(2)11-16(12-19(3,4)22(18)15-24)26-9-10-27-17-13-20(5,6)23(25)21(7,8)14-17/h16-17,24-25H,9-15H2,1-8H3. The monoisotopic (exact) mass is 386 g/mol. The molecule has 0 atom stereocenters. The van der Waals surface area contributed by atoms with Crippen LogP contribution in [0.3, 0.4) is 0 Å². The van der Waals surface area contributed by atoms with Crippen molar-refractivity contribution in [1.82, 2.24) is 9.96 Å². The van der Waals surface area contributed by atoms with Crippen molar-refractivity contribution in [2.24, 2.45) is 0 Å². The van der Waals surface area contributed by atoms with Crippen LogP contribution in [-0.2, 0) is 9.47 Å². The van der Waals surface area contributed by atoms with Crippen molar-refractivity contribution in [3.05, 3.63) is 0 Å². The lowest BCUT2D eigenvalue weighted by atomic mass is 9.78. The number of ether oxygens (including phenoxy) is 2. The van der Waals surface area contributed by atoms with Gasteiger partial charge in [-0.1, -0.05) is 0 Å². The summed E-state index contributed by atoms with van der Waals surface area (Å²) in [6.45, 7) is 18.1. The number of aliphatic hydroxyl groups is 1. The molecular weight excluding hydrogens is 344 g/mol. The molecule has 2 saturated heterocycles. The van der Waals surface area contributed by atoms with E-state index in [4.69, 9.17) is 9.47 Å². The molecule has 2 N–H and O–H groups in total. The fourth-order valence-corrected chi connectivity index (χ4v) is 5.45. The highest BCUT2D eigenvalue weighted by Crippen LogP contribution is 2.39. The molecule has 6 heteroatoms. The summed E-state index contributed by atoms with van der Waals surface area (Å²) in [6.07, 6.45) is 3.73. The second-order valence-electron chi connectivity index (χ2n) is 10.9. The average Bonchev–Trinajstić information content (AvgIpc) is 2.46. The fraction of sp³-hybridized carbons (Fsp3) is 1.00. The van der Waals surface area contributed by atoms with Gasteiger partial charge in [-0.05, 0) is 81.1 Å². The molecule has 0 aromatic rings. The third-order valence-electron chi connectivity index (χ3n) is 6.45. The molecule has 0 saturated carbocycles. The maximum atomic E-state index is 10.4. The normalized spacial score (nSPS) is 29.1. The molecule has 160 valence electrons. The Morgan fingerprint density at radius 3 is 1.37 bits per heavy atom. The first-order valence-electron chi connectivity index (χ1n) is 10.3. The summed E-state index contributed by atoms with van der Waals surface area (Å²) in [5, 5.41) is 21.6. The van der Waals surface area contributed by atoms with Crippen LogP contribution in [0, 0.1) is 0 Å². The summed E-state index contributed by atoms with van der Waals surface area (Å²) in [5.74, 6) is 0. The largest absolute Gasteiger partial charge is 0.381 e. The van der Waals surface area contributed by atoms with Gasteiger partial charge in [0.2, 0.25) is 0 Å². The summed E-state index contributed by atoms with van der Waals surface area (Å²) >= 11 is 0.